The molecule has 1 aliphatic heterocycles. The zero-order chi connectivity index (χ0) is 13.8. The van der Waals surface area contributed by atoms with Crippen molar-refractivity contribution in [2.24, 2.45) is 0 Å². The second-order valence-corrected chi connectivity index (χ2v) is 4.70. The lowest BCUT2D eigenvalue weighted by molar-refractivity contribution is -0.120. The zero-order valence-corrected chi connectivity index (χ0v) is 11.0. The second kappa shape index (κ2) is 5.76. The molecule has 1 N–H and O–H groups in total. The third-order valence-electron chi connectivity index (χ3n) is 3.30. The number of carbonyl (C=O) groups is 2. The van der Waals surface area contributed by atoms with E-state index in [-0.39, 0.29) is 24.5 Å². The highest BCUT2D eigenvalue weighted by molar-refractivity contribution is 6.08. The molecule has 19 heavy (non-hydrogen) atoms. The van der Waals surface area contributed by atoms with Crippen LogP contribution in [0, 0.1) is 6.92 Å². The van der Waals surface area contributed by atoms with Crippen molar-refractivity contribution >= 4 is 17.6 Å². The van der Waals surface area contributed by atoms with Crippen LogP contribution in [0.25, 0.3) is 6.08 Å². The first kappa shape index (κ1) is 13.4. The van der Waals surface area contributed by atoms with Gasteiger partial charge in [-0.3, -0.25) is 14.9 Å². The summed E-state index contributed by atoms with van der Waals surface area (Å²) in [5, 5.41) is 2.93. The van der Waals surface area contributed by atoms with E-state index < -0.39 is 6.04 Å². The highest BCUT2D eigenvalue weighted by Crippen LogP contribution is 2.16. The van der Waals surface area contributed by atoms with E-state index in [0.717, 1.165) is 11.1 Å². The number of hydrogen-bond donors (Lipinski definition) is 1. The zero-order valence-electron chi connectivity index (χ0n) is 11.0. The van der Waals surface area contributed by atoms with Gasteiger partial charge in [-0.2, -0.15) is 0 Å². The Labute approximate surface area is 113 Å². The van der Waals surface area contributed by atoms with Crippen LogP contribution in [0.1, 0.15) is 17.5 Å². The molecule has 1 atom stereocenters. The Morgan fingerprint density at radius 2 is 2.16 bits per heavy atom. The molecule has 3 nitrogen and oxygen atoms in total. The maximum Gasteiger partial charge on any atom is 0.180 e. The topological polar surface area (TPSA) is 46.2 Å². The van der Waals surface area contributed by atoms with Crippen LogP contribution in [0.3, 0.4) is 0 Å². The maximum atomic E-state index is 12.3. The van der Waals surface area contributed by atoms with Crippen LogP contribution in [0.5, 0.6) is 0 Å². The molecule has 0 spiro atoms. The van der Waals surface area contributed by atoms with Gasteiger partial charge in [0.1, 0.15) is 5.78 Å². The smallest absolute Gasteiger partial charge is 0.180 e. The quantitative estimate of drug-likeness (QED) is 0.661. The van der Waals surface area contributed by atoms with Gasteiger partial charge in [0, 0.05) is 12.0 Å². The number of nitrogens with one attached hydrogen (secondary N) is 1. The molecule has 1 aromatic carbocycles. The predicted octanol–water partition coefficient (Wildman–Crippen LogP) is 2.06. The lowest BCUT2D eigenvalue weighted by Crippen LogP contribution is -2.31. The minimum atomic E-state index is -0.402. The Balaban J connectivity index is 2.25. The van der Waals surface area contributed by atoms with Crippen LogP contribution >= 0.6 is 0 Å². The van der Waals surface area contributed by atoms with Gasteiger partial charge in [-0.15, -0.1) is 0 Å². The van der Waals surface area contributed by atoms with E-state index >= 15 is 0 Å². The number of carbonyl (C=O) groups excluding carboxylic acids is 2. The number of ketones is 2. The molecule has 1 saturated heterocycles. The van der Waals surface area contributed by atoms with E-state index in [4.69, 9.17) is 0 Å². The van der Waals surface area contributed by atoms with Gasteiger partial charge in [-0.05, 0) is 24.1 Å². The number of rotatable bonds is 4. The normalized spacial score (nSPS) is 19.5. The van der Waals surface area contributed by atoms with Crippen LogP contribution in [0.2, 0.25) is 0 Å². The Kier molecular flexibility index (Phi) is 4.07. The Bertz CT molecular complexity index is 558. The molecule has 1 aromatic rings. The van der Waals surface area contributed by atoms with Crippen molar-refractivity contribution in [2.45, 2.75) is 19.4 Å². The summed E-state index contributed by atoms with van der Waals surface area (Å²) < 4.78 is 0. The Hall–Kier alpha value is -2.00. The molecule has 1 aliphatic rings. The van der Waals surface area contributed by atoms with Crippen molar-refractivity contribution in [1.29, 1.82) is 0 Å². The van der Waals surface area contributed by atoms with Crippen molar-refractivity contribution < 1.29 is 9.59 Å². The highest BCUT2D eigenvalue weighted by Gasteiger charge is 2.28. The van der Waals surface area contributed by atoms with Crippen molar-refractivity contribution in [3.05, 3.63) is 53.6 Å². The van der Waals surface area contributed by atoms with Crippen molar-refractivity contribution in [3.8, 4) is 0 Å². The Morgan fingerprint density at radius 1 is 1.42 bits per heavy atom. The molecule has 98 valence electrons. The van der Waals surface area contributed by atoms with Gasteiger partial charge in [-0.1, -0.05) is 36.9 Å². The molecule has 0 bridgehead atoms. The van der Waals surface area contributed by atoms with Crippen molar-refractivity contribution in [2.75, 3.05) is 6.54 Å². The average Bonchev–Trinajstić information content (AvgIpc) is 2.84. The standard InChI is InChI=1S/C16H17NO2/c1-3-12(8-13-7-5-4-6-11(13)2)16(19)15-9-14(18)10-17-15/h3-8,15,17H,1,9-10H2,2H3. The number of aryl methyl sites for hydroxylation is 1. The summed E-state index contributed by atoms with van der Waals surface area (Å²) >= 11 is 0. The van der Waals surface area contributed by atoms with E-state index in [1.165, 1.54) is 0 Å². The number of hydrogen-bond acceptors (Lipinski definition) is 3. The molecule has 1 fully saturated rings. The summed E-state index contributed by atoms with van der Waals surface area (Å²) in [7, 11) is 0. The minimum absolute atomic E-state index is 0.0656. The molecule has 2 rings (SSSR count). The van der Waals surface area contributed by atoms with Crippen LogP contribution in [-0.4, -0.2) is 24.2 Å². The number of benzene rings is 1. The summed E-state index contributed by atoms with van der Waals surface area (Å²) in [6, 6.07) is 7.44. The largest absolute Gasteiger partial charge is 0.300 e. The predicted molar refractivity (Wildman–Crippen MR) is 75.8 cm³/mol. The lowest BCUT2D eigenvalue weighted by atomic mass is 9.99. The van der Waals surface area contributed by atoms with E-state index in [1.54, 1.807) is 6.08 Å². The van der Waals surface area contributed by atoms with Gasteiger partial charge in [0.2, 0.25) is 0 Å². The molecule has 0 aliphatic carbocycles. The summed E-state index contributed by atoms with van der Waals surface area (Å²) in [6.45, 7) is 5.97. The molecule has 0 aromatic heterocycles. The highest BCUT2D eigenvalue weighted by atomic mass is 16.1. The first-order valence-electron chi connectivity index (χ1n) is 6.31. The Morgan fingerprint density at radius 3 is 2.74 bits per heavy atom. The first-order chi connectivity index (χ1) is 9.11. The maximum absolute atomic E-state index is 12.3. The van der Waals surface area contributed by atoms with Crippen LogP contribution in [0.15, 0.2) is 42.5 Å². The minimum Gasteiger partial charge on any atom is -0.300 e. The van der Waals surface area contributed by atoms with Gasteiger partial charge < -0.3 is 0 Å². The van der Waals surface area contributed by atoms with Gasteiger partial charge in [-0.25, -0.2) is 0 Å². The van der Waals surface area contributed by atoms with E-state index in [2.05, 4.69) is 11.9 Å². The molecule has 0 saturated carbocycles. The molecular formula is C16H17NO2. The number of Topliss-reactive ketones (excluding diaryl/α,β-unsaturated/α-hetero) is 2. The molecular weight excluding hydrogens is 238 g/mol. The molecule has 1 unspecified atom stereocenters. The number of allylic oxidation sites excluding steroid dienone is 1. The molecule has 1 heterocycles. The monoisotopic (exact) mass is 255 g/mol. The van der Waals surface area contributed by atoms with Crippen LogP contribution in [0.4, 0.5) is 0 Å². The van der Waals surface area contributed by atoms with Gasteiger partial charge in [0.15, 0.2) is 5.78 Å². The summed E-state index contributed by atoms with van der Waals surface area (Å²) in [6.07, 6.45) is 3.66. The average molecular weight is 255 g/mol. The van der Waals surface area contributed by atoms with Gasteiger partial charge in [0.25, 0.3) is 0 Å². The molecule has 0 amide bonds. The van der Waals surface area contributed by atoms with Crippen molar-refractivity contribution in [3.63, 3.8) is 0 Å². The fourth-order valence-corrected chi connectivity index (χ4v) is 2.14. The SMILES string of the molecule is C=CC(=Cc1ccccc1C)C(=O)C1CC(=O)CN1. The van der Waals surface area contributed by atoms with Gasteiger partial charge >= 0.3 is 0 Å². The fraction of sp³-hybridized carbons (Fsp3) is 0.250. The van der Waals surface area contributed by atoms with Gasteiger partial charge in [0.05, 0.1) is 12.6 Å². The van der Waals surface area contributed by atoms with Crippen molar-refractivity contribution in [1.82, 2.24) is 5.32 Å². The summed E-state index contributed by atoms with van der Waals surface area (Å²) in [5.41, 5.74) is 2.64. The van der Waals surface area contributed by atoms with E-state index in [0.29, 0.717) is 5.57 Å². The lowest BCUT2D eigenvalue weighted by Gasteiger charge is -2.09. The summed E-state index contributed by atoms with van der Waals surface area (Å²) in [5.74, 6) is 0.0155. The second-order valence-electron chi connectivity index (χ2n) is 4.70. The van der Waals surface area contributed by atoms with Crippen LogP contribution < -0.4 is 5.32 Å². The third-order valence-corrected chi connectivity index (χ3v) is 3.30. The first-order valence-corrected chi connectivity index (χ1v) is 6.31. The summed E-state index contributed by atoms with van der Waals surface area (Å²) in [4.78, 5) is 23.5. The van der Waals surface area contributed by atoms with Crippen LogP contribution in [-0.2, 0) is 9.59 Å². The third kappa shape index (κ3) is 3.06. The molecule has 0 radical (unpaired) electrons. The van der Waals surface area contributed by atoms with E-state index in [1.807, 2.05) is 37.3 Å². The van der Waals surface area contributed by atoms with E-state index in [9.17, 15) is 9.59 Å². The fourth-order valence-electron chi connectivity index (χ4n) is 2.14. The molecule has 3 heteroatoms.